The van der Waals surface area contributed by atoms with E-state index in [9.17, 15) is 9.59 Å². The second-order valence-electron chi connectivity index (χ2n) is 5.08. The highest BCUT2D eigenvalue weighted by Crippen LogP contribution is 2.39. The van der Waals surface area contributed by atoms with Gasteiger partial charge >= 0.3 is 0 Å². The maximum Gasteiger partial charge on any atom is 0.298 e. The summed E-state index contributed by atoms with van der Waals surface area (Å²) < 4.78 is 11.2. The molecule has 1 fully saturated rings. The average molecular weight is 420 g/mol. The van der Waals surface area contributed by atoms with Crippen LogP contribution in [-0.2, 0) is 4.79 Å². The molecule has 1 heterocycles. The summed E-state index contributed by atoms with van der Waals surface area (Å²) in [5.74, 6) is 0.795. The maximum absolute atomic E-state index is 12.7. The number of ether oxygens (including phenoxy) is 2. The highest BCUT2D eigenvalue weighted by molar-refractivity contribution is 9.10. The van der Waals surface area contributed by atoms with Crippen molar-refractivity contribution in [2.45, 2.75) is 0 Å². The minimum absolute atomic E-state index is 0.353. The highest BCUT2D eigenvalue weighted by atomic mass is 79.9. The molecule has 5 nitrogen and oxygen atoms in total. The van der Waals surface area contributed by atoms with Gasteiger partial charge in [0, 0.05) is 0 Å². The topological polar surface area (TPSA) is 55.8 Å². The maximum atomic E-state index is 12.7. The molecule has 0 spiro atoms. The predicted octanol–water partition coefficient (Wildman–Crippen LogP) is 4.71. The summed E-state index contributed by atoms with van der Waals surface area (Å²) in [7, 11) is 3.08. The van der Waals surface area contributed by atoms with Crippen LogP contribution in [0.2, 0.25) is 0 Å². The van der Waals surface area contributed by atoms with Crippen LogP contribution in [0.5, 0.6) is 11.5 Å². The molecule has 1 aliphatic heterocycles. The summed E-state index contributed by atoms with van der Waals surface area (Å²) in [4.78, 5) is 26.6. The van der Waals surface area contributed by atoms with E-state index in [1.54, 1.807) is 43.5 Å². The van der Waals surface area contributed by atoms with Crippen LogP contribution < -0.4 is 14.4 Å². The fourth-order valence-electron chi connectivity index (χ4n) is 2.41. The number of halogens is 1. The Morgan fingerprint density at radius 1 is 1.04 bits per heavy atom. The van der Waals surface area contributed by atoms with Gasteiger partial charge < -0.3 is 9.47 Å². The number of hydrogen-bond donors (Lipinski definition) is 0. The standard InChI is InChI=1S/C18H14BrNO4S/c1-23-14-8-7-11(9-12(14)19)10-16-17(21)20(18(22)25-16)13-5-3-4-6-15(13)24-2/h3-10H,1-2H3/b16-10-. The Morgan fingerprint density at radius 2 is 1.76 bits per heavy atom. The van der Waals surface area contributed by atoms with E-state index < -0.39 is 0 Å². The second-order valence-corrected chi connectivity index (χ2v) is 6.93. The molecule has 0 saturated carbocycles. The molecule has 3 rings (SSSR count). The number of benzene rings is 2. The molecule has 0 unspecified atom stereocenters. The Labute approximate surface area is 157 Å². The van der Waals surface area contributed by atoms with Gasteiger partial charge in [0.2, 0.25) is 0 Å². The van der Waals surface area contributed by atoms with Crippen molar-refractivity contribution in [3.63, 3.8) is 0 Å². The molecule has 25 heavy (non-hydrogen) atoms. The van der Waals surface area contributed by atoms with Gasteiger partial charge in [-0.2, -0.15) is 0 Å². The second kappa shape index (κ2) is 7.33. The number of hydrogen-bond acceptors (Lipinski definition) is 5. The van der Waals surface area contributed by atoms with Gasteiger partial charge in [-0.05, 0) is 63.6 Å². The molecule has 2 aromatic carbocycles. The summed E-state index contributed by atoms with van der Waals surface area (Å²) in [6.45, 7) is 0. The van der Waals surface area contributed by atoms with Crippen molar-refractivity contribution in [1.29, 1.82) is 0 Å². The van der Waals surface area contributed by atoms with Gasteiger partial charge in [0.15, 0.2) is 0 Å². The molecule has 0 bridgehead atoms. The van der Waals surface area contributed by atoms with Gasteiger partial charge in [-0.3, -0.25) is 9.59 Å². The molecule has 7 heteroatoms. The minimum atomic E-state index is -0.369. The third-order valence-electron chi connectivity index (χ3n) is 3.59. The first kappa shape index (κ1) is 17.6. The van der Waals surface area contributed by atoms with Gasteiger partial charge in [-0.25, -0.2) is 4.90 Å². The Kier molecular flexibility index (Phi) is 5.15. The molecule has 1 saturated heterocycles. The van der Waals surface area contributed by atoms with E-state index in [1.807, 2.05) is 12.1 Å². The SMILES string of the molecule is COc1ccc(/C=C2\SC(=O)N(c3ccccc3OC)C2=O)cc1Br. The lowest BCUT2D eigenvalue weighted by molar-refractivity contribution is -0.113. The van der Waals surface area contributed by atoms with E-state index in [1.165, 1.54) is 7.11 Å². The third kappa shape index (κ3) is 3.43. The zero-order chi connectivity index (χ0) is 18.0. The highest BCUT2D eigenvalue weighted by Gasteiger charge is 2.37. The van der Waals surface area contributed by atoms with Gasteiger partial charge in [0.05, 0.1) is 29.3 Å². The first-order valence-corrected chi connectivity index (χ1v) is 8.90. The van der Waals surface area contributed by atoms with E-state index in [4.69, 9.17) is 9.47 Å². The number of amides is 2. The lowest BCUT2D eigenvalue weighted by atomic mass is 10.2. The first-order chi connectivity index (χ1) is 12.0. The fraction of sp³-hybridized carbons (Fsp3) is 0.111. The van der Waals surface area contributed by atoms with Crippen LogP contribution in [0.4, 0.5) is 10.5 Å². The molecule has 0 aromatic heterocycles. The number of anilines is 1. The smallest absolute Gasteiger partial charge is 0.298 e. The number of thioether (sulfide) groups is 1. The van der Waals surface area contributed by atoms with Crippen molar-refractivity contribution >= 4 is 50.6 Å². The Morgan fingerprint density at radius 3 is 2.44 bits per heavy atom. The van der Waals surface area contributed by atoms with Crippen molar-refractivity contribution in [3.8, 4) is 11.5 Å². The van der Waals surface area contributed by atoms with Crippen LogP contribution in [0, 0.1) is 0 Å². The van der Waals surface area contributed by atoms with Crippen LogP contribution >= 0.6 is 27.7 Å². The summed E-state index contributed by atoms with van der Waals surface area (Å²) in [5, 5.41) is -0.353. The summed E-state index contributed by atoms with van der Waals surface area (Å²) in [5.41, 5.74) is 1.23. The summed E-state index contributed by atoms with van der Waals surface area (Å²) in [6, 6.07) is 12.4. The quantitative estimate of drug-likeness (QED) is 0.671. The molecule has 0 aliphatic carbocycles. The Bertz CT molecular complexity index is 881. The van der Waals surface area contributed by atoms with Crippen LogP contribution in [-0.4, -0.2) is 25.4 Å². The van der Waals surface area contributed by atoms with Gasteiger partial charge in [0.1, 0.15) is 11.5 Å². The molecular formula is C18H14BrNO4S. The van der Waals surface area contributed by atoms with E-state index in [0.717, 1.165) is 26.7 Å². The van der Waals surface area contributed by atoms with Crippen LogP contribution in [0.25, 0.3) is 6.08 Å². The molecule has 128 valence electrons. The number of methoxy groups -OCH3 is 2. The largest absolute Gasteiger partial charge is 0.496 e. The monoisotopic (exact) mass is 419 g/mol. The normalized spacial score (nSPS) is 15.8. The summed E-state index contributed by atoms with van der Waals surface area (Å²) in [6.07, 6.45) is 1.69. The lowest BCUT2D eigenvalue weighted by Crippen LogP contribution is -2.28. The number of imide groups is 1. The Hall–Kier alpha value is -2.25. The van der Waals surface area contributed by atoms with Crippen molar-refractivity contribution in [2.75, 3.05) is 19.1 Å². The van der Waals surface area contributed by atoms with E-state index in [-0.39, 0.29) is 11.1 Å². The van der Waals surface area contributed by atoms with Crippen molar-refractivity contribution in [1.82, 2.24) is 0 Å². The van der Waals surface area contributed by atoms with Crippen molar-refractivity contribution in [3.05, 3.63) is 57.4 Å². The number of carbonyl (C=O) groups is 2. The lowest BCUT2D eigenvalue weighted by Gasteiger charge is -2.15. The molecule has 0 atom stereocenters. The Balaban J connectivity index is 1.95. The molecule has 1 aliphatic rings. The number of para-hydroxylation sites is 2. The van der Waals surface area contributed by atoms with E-state index in [0.29, 0.717) is 22.1 Å². The average Bonchev–Trinajstić information content (AvgIpc) is 2.88. The van der Waals surface area contributed by atoms with Gasteiger partial charge in [0.25, 0.3) is 11.1 Å². The third-order valence-corrected chi connectivity index (χ3v) is 5.08. The van der Waals surface area contributed by atoms with E-state index >= 15 is 0 Å². The number of carbonyl (C=O) groups excluding carboxylic acids is 2. The van der Waals surface area contributed by atoms with Crippen LogP contribution in [0.15, 0.2) is 51.8 Å². The molecule has 2 aromatic rings. The number of rotatable bonds is 4. The molecule has 0 N–H and O–H groups in total. The van der Waals surface area contributed by atoms with Crippen molar-refractivity contribution in [2.24, 2.45) is 0 Å². The van der Waals surface area contributed by atoms with Gasteiger partial charge in [-0.1, -0.05) is 18.2 Å². The van der Waals surface area contributed by atoms with Gasteiger partial charge in [-0.15, -0.1) is 0 Å². The molecule has 2 amide bonds. The number of nitrogens with zero attached hydrogens (tertiary/aromatic N) is 1. The zero-order valence-electron chi connectivity index (χ0n) is 13.5. The first-order valence-electron chi connectivity index (χ1n) is 7.29. The van der Waals surface area contributed by atoms with Crippen LogP contribution in [0.1, 0.15) is 5.56 Å². The van der Waals surface area contributed by atoms with Crippen molar-refractivity contribution < 1.29 is 19.1 Å². The minimum Gasteiger partial charge on any atom is -0.496 e. The predicted molar refractivity (Wildman–Crippen MR) is 102 cm³/mol. The van der Waals surface area contributed by atoms with E-state index in [2.05, 4.69) is 15.9 Å². The fourth-order valence-corrected chi connectivity index (χ4v) is 3.81. The molecule has 0 radical (unpaired) electrons. The van der Waals surface area contributed by atoms with Crippen LogP contribution in [0.3, 0.4) is 0 Å². The molecular weight excluding hydrogens is 406 g/mol. The summed E-state index contributed by atoms with van der Waals surface area (Å²) >= 11 is 4.31. The zero-order valence-corrected chi connectivity index (χ0v) is 15.9.